The predicted molar refractivity (Wildman–Crippen MR) is 123 cm³/mol. The van der Waals surface area contributed by atoms with Crippen LogP contribution in [0, 0.1) is 0 Å². The second kappa shape index (κ2) is 12.8. The maximum Gasteiger partial charge on any atom is 0.264 e. The minimum Gasteiger partial charge on any atom is -0.515 e. The summed E-state index contributed by atoms with van der Waals surface area (Å²) in [6.07, 6.45) is 4.01. The lowest BCUT2D eigenvalue weighted by Gasteiger charge is -2.23. The molecule has 1 unspecified atom stereocenters. The smallest absolute Gasteiger partial charge is 0.264 e. The van der Waals surface area contributed by atoms with Crippen LogP contribution in [0.1, 0.15) is 30.3 Å². The molecule has 0 spiro atoms. The van der Waals surface area contributed by atoms with Crippen LogP contribution in [0.5, 0.6) is 0 Å². The highest BCUT2D eigenvalue weighted by Gasteiger charge is 2.38. The van der Waals surface area contributed by atoms with E-state index in [4.69, 9.17) is 11.6 Å². The number of halogens is 2. The first-order valence-electron chi connectivity index (χ1n) is 8.47. The van der Waals surface area contributed by atoms with Gasteiger partial charge in [-0.15, -0.1) is 22.9 Å². The quantitative estimate of drug-likeness (QED) is 0.353. The summed E-state index contributed by atoms with van der Waals surface area (Å²) in [7, 11) is 1.65. The van der Waals surface area contributed by atoms with Crippen LogP contribution in [0.2, 0.25) is 4.47 Å². The van der Waals surface area contributed by atoms with Gasteiger partial charge in [-0.1, -0.05) is 67.5 Å². The topological polar surface area (TPSA) is 65.8 Å². The van der Waals surface area contributed by atoms with Crippen molar-refractivity contribution in [1.29, 1.82) is 0 Å². The Kier molecular flexibility index (Phi) is 11.2. The molecule has 5 nitrogen and oxygen atoms in total. The van der Waals surface area contributed by atoms with Crippen LogP contribution in [0.4, 0.5) is 0 Å². The first-order valence-corrected chi connectivity index (χ1v) is 11.4. The van der Waals surface area contributed by atoms with E-state index in [9.17, 15) is 9.90 Å². The number of carbonyl (C=O) groups is 1. The van der Waals surface area contributed by atoms with Crippen molar-refractivity contribution in [2.75, 3.05) is 19.2 Å². The van der Waals surface area contributed by atoms with E-state index in [1.54, 1.807) is 30.3 Å². The Bertz CT molecular complexity index is 811. The number of thioether (sulfide) groups is 1. The number of carbonyl (C=O) groups excluding carboxylic acids is 1. The van der Waals surface area contributed by atoms with E-state index >= 15 is 0 Å². The highest BCUT2D eigenvalue weighted by molar-refractivity contribution is 8.14. The summed E-state index contributed by atoms with van der Waals surface area (Å²) < 4.78 is 0.435. The molecule has 1 N–H and O–H groups in total. The Morgan fingerprint density at radius 2 is 1.96 bits per heavy atom. The minimum atomic E-state index is -0.302. The third-order valence-corrected chi connectivity index (χ3v) is 5.90. The monoisotopic (exact) mass is 459 g/mol. The molecular weight excluding hydrogens is 437 g/mol. The van der Waals surface area contributed by atoms with E-state index in [-0.39, 0.29) is 17.5 Å². The number of alkyl halides is 1. The van der Waals surface area contributed by atoms with Crippen LogP contribution in [-0.2, 0) is 4.79 Å². The number of hydrogen-bond donors (Lipinski definition) is 1. The van der Waals surface area contributed by atoms with Gasteiger partial charge in [0.15, 0.2) is 9.63 Å². The van der Waals surface area contributed by atoms with Gasteiger partial charge in [-0.2, -0.15) is 0 Å². The number of benzene rings is 1. The SMILES string of the molecule is CC.CCl.CN=C1SCC(c2cnc(Cl)s2)N1C(=O)/C(=C/O)c1ccccc1. The van der Waals surface area contributed by atoms with Gasteiger partial charge in [-0.3, -0.25) is 14.7 Å². The van der Waals surface area contributed by atoms with Gasteiger partial charge < -0.3 is 5.11 Å². The first-order chi connectivity index (χ1) is 13.7. The number of hydrogen-bond acceptors (Lipinski definition) is 6. The molecule has 152 valence electrons. The van der Waals surface area contributed by atoms with Crippen molar-refractivity contribution in [2.24, 2.45) is 4.99 Å². The molecule has 2 aromatic rings. The molecule has 1 fully saturated rings. The van der Waals surface area contributed by atoms with Crippen LogP contribution in [0.15, 0.2) is 47.8 Å². The largest absolute Gasteiger partial charge is 0.515 e. The van der Waals surface area contributed by atoms with Gasteiger partial charge in [0.1, 0.15) is 0 Å². The molecule has 9 heteroatoms. The van der Waals surface area contributed by atoms with Crippen molar-refractivity contribution >= 4 is 62.9 Å². The molecule has 0 radical (unpaired) electrons. The second-order valence-electron chi connectivity index (χ2n) is 4.93. The molecule has 1 saturated heterocycles. The molecule has 28 heavy (non-hydrogen) atoms. The Balaban J connectivity index is 0.000000921. The van der Waals surface area contributed by atoms with Gasteiger partial charge in [0.05, 0.1) is 17.9 Å². The summed E-state index contributed by atoms with van der Waals surface area (Å²) >= 11 is 13.4. The lowest BCUT2D eigenvalue weighted by molar-refractivity contribution is -0.122. The number of aliphatic imine (C=N–C) groups is 1. The zero-order valence-corrected chi connectivity index (χ0v) is 19.2. The summed E-state index contributed by atoms with van der Waals surface area (Å²) in [5.74, 6) is 0.369. The molecule has 3 rings (SSSR count). The van der Waals surface area contributed by atoms with E-state index in [1.165, 1.54) is 29.5 Å². The Labute approximate surface area is 184 Å². The van der Waals surface area contributed by atoms with Crippen LogP contribution >= 0.6 is 46.3 Å². The number of aliphatic hydroxyl groups is 1. The van der Waals surface area contributed by atoms with E-state index < -0.39 is 0 Å². The summed E-state index contributed by atoms with van der Waals surface area (Å²) in [6, 6.07) is 8.86. The maximum atomic E-state index is 13.1. The summed E-state index contributed by atoms with van der Waals surface area (Å²) in [5.41, 5.74) is 0.873. The minimum absolute atomic E-state index is 0.204. The fourth-order valence-corrected chi connectivity index (χ4v) is 4.73. The number of amides is 1. The number of aromatic nitrogens is 1. The second-order valence-corrected chi connectivity index (χ2v) is 7.56. The zero-order valence-electron chi connectivity index (χ0n) is 16.1. The first kappa shape index (κ1) is 24.5. The summed E-state index contributed by atoms with van der Waals surface area (Å²) in [5, 5.41) is 10.3. The zero-order chi connectivity index (χ0) is 21.1. The lowest BCUT2D eigenvalue weighted by Crippen LogP contribution is -2.34. The predicted octanol–water partition coefficient (Wildman–Crippen LogP) is 5.88. The Morgan fingerprint density at radius 3 is 2.46 bits per heavy atom. The van der Waals surface area contributed by atoms with Crippen molar-refractivity contribution in [3.05, 3.63) is 57.7 Å². The molecule has 1 atom stereocenters. The molecule has 1 amide bonds. The highest BCUT2D eigenvalue weighted by atomic mass is 35.5. The molecule has 0 saturated carbocycles. The van der Waals surface area contributed by atoms with Gasteiger partial charge in [-0.05, 0) is 5.56 Å². The average Bonchev–Trinajstić information content (AvgIpc) is 3.38. The van der Waals surface area contributed by atoms with E-state index in [2.05, 4.69) is 21.6 Å². The fourth-order valence-electron chi connectivity index (χ4n) is 2.46. The lowest BCUT2D eigenvalue weighted by atomic mass is 10.1. The van der Waals surface area contributed by atoms with Gasteiger partial charge in [0.2, 0.25) is 0 Å². The molecule has 0 aliphatic carbocycles. The van der Waals surface area contributed by atoms with Crippen LogP contribution in [0.3, 0.4) is 0 Å². The fraction of sp³-hybridized carbons (Fsp3) is 0.316. The van der Waals surface area contributed by atoms with Gasteiger partial charge in [0, 0.05) is 30.3 Å². The van der Waals surface area contributed by atoms with Crippen molar-refractivity contribution in [3.63, 3.8) is 0 Å². The van der Waals surface area contributed by atoms with E-state index in [0.29, 0.717) is 21.0 Å². The number of rotatable bonds is 3. The van der Waals surface area contributed by atoms with Crippen molar-refractivity contribution < 1.29 is 9.90 Å². The standard InChI is InChI=1S/C16H14ClN3O2S2.C2H6.CH3Cl/c1-18-16-20(12(9-23-16)13-7-19-15(17)24-13)14(22)11(8-21)10-5-3-2-4-6-10;2*1-2/h2-8,12,21H,9H2,1H3;1-2H3;1H3/b11-8+,18-16?;;. The van der Waals surface area contributed by atoms with Crippen LogP contribution in [0.25, 0.3) is 5.57 Å². The van der Waals surface area contributed by atoms with E-state index in [1.807, 2.05) is 32.0 Å². The summed E-state index contributed by atoms with van der Waals surface area (Å²) in [4.78, 5) is 23.9. The number of nitrogens with zero attached hydrogens (tertiary/aromatic N) is 3. The number of thiazole rings is 1. The molecule has 0 bridgehead atoms. The van der Waals surface area contributed by atoms with Gasteiger partial charge >= 0.3 is 0 Å². The average molecular weight is 460 g/mol. The van der Waals surface area contributed by atoms with E-state index in [0.717, 1.165) is 11.1 Å². The number of aliphatic hydroxyl groups excluding tert-OH is 1. The third-order valence-electron chi connectivity index (χ3n) is 3.57. The summed E-state index contributed by atoms with van der Waals surface area (Å²) in [6.45, 7) is 4.00. The normalized spacial score (nSPS) is 17.5. The van der Waals surface area contributed by atoms with Crippen molar-refractivity contribution in [3.8, 4) is 0 Å². The maximum absolute atomic E-state index is 13.1. The highest BCUT2D eigenvalue weighted by Crippen LogP contribution is 2.40. The Hall–Kier alpha value is -1.54. The third kappa shape index (κ3) is 5.73. The molecule has 1 aromatic carbocycles. The molecular formula is C19H23Cl2N3O2S2. The van der Waals surface area contributed by atoms with Crippen LogP contribution in [-0.4, -0.2) is 45.2 Å². The molecule has 1 aliphatic rings. The van der Waals surface area contributed by atoms with Gasteiger partial charge in [-0.25, -0.2) is 4.98 Å². The molecule has 1 aliphatic heterocycles. The van der Waals surface area contributed by atoms with Gasteiger partial charge in [0.25, 0.3) is 5.91 Å². The van der Waals surface area contributed by atoms with Crippen LogP contribution < -0.4 is 0 Å². The Morgan fingerprint density at radius 1 is 1.32 bits per heavy atom. The van der Waals surface area contributed by atoms with Crippen molar-refractivity contribution in [2.45, 2.75) is 19.9 Å². The molecule has 2 heterocycles. The van der Waals surface area contributed by atoms with Crippen molar-refractivity contribution in [1.82, 2.24) is 9.88 Å². The number of amidine groups is 1. The molecule has 1 aromatic heterocycles.